The van der Waals surface area contributed by atoms with Gasteiger partial charge in [0.05, 0.1) is 36.5 Å². The van der Waals surface area contributed by atoms with Crippen LogP contribution in [-0.2, 0) is 19.1 Å². The van der Waals surface area contributed by atoms with Crippen LogP contribution in [0, 0.1) is 21.4 Å². The molecule has 9 nitrogen and oxygen atoms in total. The molecular formula is C19H15N3O6S. The number of para-hydroxylation sites is 1. The Morgan fingerprint density at radius 2 is 1.90 bits per heavy atom. The number of carbonyl (C=O) groups is 2. The van der Waals surface area contributed by atoms with Crippen molar-refractivity contribution in [3.8, 4) is 6.07 Å². The lowest BCUT2D eigenvalue weighted by atomic mass is 10.2. The van der Waals surface area contributed by atoms with E-state index in [1.807, 2.05) is 6.07 Å². The first kappa shape index (κ1) is 21.5. The molecule has 2 aromatic rings. The number of non-ortho nitro benzene ring substituents is 1. The van der Waals surface area contributed by atoms with Crippen molar-refractivity contribution in [3.05, 3.63) is 69.9 Å². The number of nitriles is 1. The summed E-state index contributed by atoms with van der Waals surface area (Å²) in [6.45, 7) is 0. The number of carbonyl (C=O) groups excluding carboxylic acids is 2. The van der Waals surface area contributed by atoms with Crippen molar-refractivity contribution < 1.29 is 24.0 Å². The second kappa shape index (κ2) is 9.91. The summed E-state index contributed by atoms with van der Waals surface area (Å²) in [7, 11) is 2.35. The number of benzene rings is 2. The number of nitro benzene ring substituents is 1. The van der Waals surface area contributed by atoms with Crippen LogP contribution < -0.4 is 5.32 Å². The molecule has 0 bridgehead atoms. The fourth-order valence-corrected chi connectivity index (χ4v) is 3.13. The van der Waals surface area contributed by atoms with Gasteiger partial charge in [0.15, 0.2) is 0 Å². The second-order valence-electron chi connectivity index (χ2n) is 5.35. The van der Waals surface area contributed by atoms with Crippen LogP contribution in [0.15, 0.2) is 64.0 Å². The Hall–Kier alpha value is -3.84. The van der Waals surface area contributed by atoms with Crippen LogP contribution in [-0.4, -0.2) is 31.1 Å². The summed E-state index contributed by atoms with van der Waals surface area (Å²) in [5.41, 5.74) is 0.264. The smallest absolute Gasteiger partial charge is 0.354 e. The van der Waals surface area contributed by atoms with E-state index in [4.69, 9.17) is 0 Å². The van der Waals surface area contributed by atoms with Crippen LogP contribution in [0.3, 0.4) is 0 Å². The molecule has 1 N–H and O–H groups in total. The predicted octanol–water partition coefficient (Wildman–Crippen LogP) is 3.26. The van der Waals surface area contributed by atoms with Gasteiger partial charge in [0, 0.05) is 21.9 Å². The molecule has 0 saturated heterocycles. The van der Waals surface area contributed by atoms with Gasteiger partial charge in [0.2, 0.25) is 0 Å². The van der Waals surface area contributed by atoms with Gasteiger partial charge in [0.25, 0.3) is 5.69 Å². The number of ether oxygens (including phenoxy) is 2. The van der Waals surface area contributed by atoms with Gasteiger partial charge in [-0.15, -0.1) is 0 Å². The largest absolute Gasteiger partial charge is 0.466 e. The standard InChI is InChI=1S/C19H15N3O6S/c1-27-18(23)10-15(19(24)28-2)21-14-5-3-4-6-17(14)29-16-8-7-13(22(25)26)9-12(16)11-20/h3-10,21H,1-2H3/b15-10+. The van der Waals surface area contributed by atoms with E-state index in [1.54, 1.807) is 24.3 Å². The molecule has 0 fully saturated rings. The van der Waals surface area contributed by atoms with Gasteiger partial charge in [-0.05, 0) is 18.2 Å². The Morgan fingerprint density at radius 3 is 2.52 bits per heavy atom. The van der Waals surface area contributed by atoms with Gasteiger partial charge in [0.1, 0.15) is 11.8 Å². The van der Waals surface area contributed by atoms with Crippen molar-refractivity contribution in [1.82, 2.24) is 0 Å². The highest BCUT2D eigenvalue weighted by atomic mass is 32.2. The third-order valence-electron chi connectivity index (χ3n) is 3.54. The lowest BCUT2D eigenvalue weighted by molar-refractivity contribution is -0.384. The van der Waals surface area contributed by atoms with Crippen LogP contribution in [0.4, 0.5) is 11.4 Å². The molecular weight excluding hydrogens is 398 g/mol. The number of nitro groups is 1. The summed E-state index contributed by atoms with van der Waals surface area (Å²) in [6, 6.07) is 12.7. The minimum Gasteiger partial charge on any atom is -0.466 e. The highest BCUT2D eigenvalue weighted by molar-refractivity contribution is 7.99. The fraction of sp³-hybridized carbons (Fsp3) is 0.105. The number of hydrogen-bond acceptors (Lipinski definition) is 9. The molecule has 0 aliphatic rings. The Labute approximate surface area is 170 Å². The Bertz CT molecular complexity index is 1030. The minimum absolute atomic E-state index is 0.136. The summed E-state index contributed by atoms with van der Waals surface area (Å²) >= 11 is 1.17. The van der Waals surface area contributed by atoms with E-state index >= 15 is 0 Å². The molecule has 148 valence electrons. The highest BCUT2D eigenvalue weighted by Crippen LogP contribution is 2.36. The zero-order valence-electron chi connectivity index (χ0n) is 15.4. The molecule has 2 aromatic carbocycles. The van der Waals surface area contributed by atoms with Gasteiger partial charge in [-0.3, -0.25) is 10.1 Å². The van der Waals surface area contributed by atoms with Crippen LogP contribution in [0.1, 0.15) is 5.56 Å². The molecule has 10 heteroatoms. The van der Waals surface area contributed by atoms with E-state index in [-0.39, 0.29) is 16.9 Å². The molecule has 0 aliphatic heterocycles. The quantitative estimate of drug-likeness (QED) is 0.314. The third-order valence-corrected chi connectivity index (χ3v) is 4.69. The number of nitrogens with one attached hydrogen (secondary N) is 1. The first-order valence-electron chi connectivity index (χ1n) is 8.00. The van der Waals surface area contributed by atoms with Crippen molar-refractivity contribution in [1.29, 1.82) is 5.26 Å². The Balaban J connectivity index is 2.40. The summed E-state index contributed by atoms with van der Waals surface area (Å²) in [6.07, 6.45) is 0.958. The van der Waals surface area contributed by atoms with Crippen molar-refractivity contribution in [2.75, 3.05) is 19.5 Å². The molecule has 0 radical (unpaired) electrons. The lowest BCUT2D eigenvalue weighted by Gasteiger charge is -2.13. The molecule has 0 spiro atoms. The maximum atomic E-state index is 12.0. The van der Waals surface area contributed by atoms with Crippen molar-refractivity contribution in [2.24, 2.45) is 0 Å². The summed E-state index contributed by atoms with van der Waals surface area (Å²) in [5, 5.41) is 23.1. The Kier molecular flexibility index (Phi) is 7.33. The molecule has 0 atom stereocenters. The average Bonchev–Trinajstić information content (AvgIpc) is 2.73. The fourth-order valence-electron chi connectivity index (χ4n) is 2.16. The van der Waals surface area contributed by atoms with Crippen molar-refractivity contribution in [2.45, 2.75) is 9.79 Å². The number of methoxy groups -OCH3 is 2. The number of anilines is 1. The van der Waals surface area contributed by atoms with E-state index in [2.05, 4.69) is 14.8 Å². The van der Waals surface area contributed by atoms with Crippen molar-refractivity contribution >= 4 is 35.1 Å². The molecule has 2 rings (SSSR count). The van der Waals surface area contributed by atoms with E-state index < -0.39 is 16.9 Å². The molecule has 0 amide bonds. The monoisotopic (exact) mass is 413 g/mol. The minimum atomic E-state index is -0.775. The Morgan fingerprint density at radius 1 is 1.17 bits per heavy atom. The van der Waals surface area contributed by atoms with Crippen molar-refractivity contribution in [3.63, 3.8) is 0 Å². The third kappa shape index (κ3) is 5.57. The van der Waals surface area contributed by atoms with Crippen LogP contribution in [0.5, 0.6) is 0 Å². The summed E-state index contributed by atoms with van der Waals surface area (Å²) < 4.78 is 9.21. The summed E-state index contributed by atoms with van der Waals surface area (Å²) in [5.74, 6) is -1.52. The van der Waals surface area contributed by atoms with Gasteiger partial charge >= 0.3 is 11.9 Å². The molecule has 0 aromatic heterocycles. The summed E-state index contributed by atoms with van der Waals surface area (Å²) in [4.78, 5) is 34.9. The molecule has 0 saturated carbocycles. The van der Waals surface area contributed by atoms with Crippen LogP contribution in [0.2, 0.25) is 0 Å². The maximum absolute atomic E-state index is 12.0. The number of esters is 2. The van der Waals surface area contributed by atoms with Gasteiger partial charge in [-0.25, -0.2) is 9.59 Å². The highest BCUT2D eigenvalue weighted by Gasteiger charge is 2.17. The number of rotatable bonds is 7. The average molecular weight is 413 g/mol. The molecule has 0 heterocycles. The van der Waals surface area contributed by atoms with Gasteiger partial charge in [-0.2, -0.15) is 5.26 Å². The number of nitrogens with zero attached hydrogens (tertiary/aromatic N) is 2. The van der Waals surface area contributed by atoms with Gasteiger partial charge in [-0.1, -0.05) is 23.9 Å². The van der Waals surface area contributed by atoms with E-state index in [0.29, 0.717) is 15.5 Å². The number of hydrogen-bond donors (Lipinski definition) is 1. The zero-order valence-corrected chi connectivity index (χ0v) is 16.2. The second-order valence-corrected chi connectivity index (χ2v) is 6.43. The molecule has 29 heavy (non-hydrogen) atoms. The SMILES string of the molecule is COC(=O)/C=C(/Nc1ccccc1Sc1ccc([N+](=O)[O-])cc1C#N)C(=O)OC. The molecule has 0 unspecified atom stereocenters. The topological polar surface area (TPSA) is 132 Å². The first-order valence-corrected chi connectivity index (χ1v) is 8.81. The van der Waals surface area contributed by atoms with Gasteiger partial charge < -0.3 is 14.8 Å². The normalized spacial score (nSPS) is 10.6. The van der Waals surface area contributed by atoms with E-state index in [0.717, 1.165) is 6.08 Å². The molecule has 0 aliphatic carbocycles. The van der Waals surface area contributed by atoms with Crippen LogP contribution >= 0.6 is 11.8 Å². The zero-order chi connectivity index (χ0) is 21.4. The lowest BCUT2D eigenvalue weighted by Crippen LogP contribution is -2.15. The van der Waals surface area contributed by atoms with Crippen LogP contribution in [0.25, 0.3) is 0 Å². The maximum Gasteiger partial charge on any atom is 0.354 e. The van der Waals surface area contributed by atoms with E-state index in [1.165, 1.54) is 44.2 Å². The van der Waals surface area contributed by atoms with E-state index in [9.17, 15) is 25.0 Å². The predicted molar refractivity (Wildman–Crippen MR) is 104 cm³/mol. The first-order chi connectivity index (χ1) is 13.9.